The highest BCUT2D eigenvalue weighted by Crippen LogP contribution is 2.20. The van der Waals surface area contributed by atoms with Crippen molar-refractivity contribution in [2.45, 2.75) is 6.92 Å². The van der Waals surface area contributed by atoms with E-state index in [1.54, 1.807) is 0 Å². The molecule has 0 saturated heterocycles. The van der Waals surface area contributed by atoms with Gasteiger partial charge in [0.1, 0.15) is 17.1 Å². The van der Waals surface area contributed by atoms with Crippen molar-refractivity contribution < 1.29 is 28.2 Å². The van der Waals surface area contributed by atoms with Crippen LogP contribution in [-0.2, 0) is 14.3 Å². The Morgan fingerprint density at radius 3 is 2.65 bits per heavy atom. The summed E-state index contributed by atoms with van der Waals surface area (Å²) in [5, 5.41) is 0. The molecule has 0 aromatic heterocycles. The van der Waals surface area contributed by atoms with Crippen molar-refractivity contribution >= 4 is 11.9 Å². The van der Waals surface area contributed by atoms with Gasteiger partial charge in [-0.05, 0) is 12.1 Å². The molecule has 17 heavy (non-hydrogen) atoms. The standard InChI is InChI=1S/C11H11FO5/c1-7(13)16-6-17-10-5-8(12)3-4-9(10)11(14)15-2/h3-5H,6H2,1-2H3. The van der Waals surface area contributed by atoms with Gasteiger partial charge < -0.3 is 14.2 Å². The Balaban J connectivity index is 2.83. The van der Waals surface area contributed by atoms with Gasteiger partial charge in [-0.3, -0.25) is 4.79 Å². The Kier molecular flexibility index (Phi) is 4.45. The predicted molar refractivity (Wildman–Crippen MR) is 55.0 cm³/mol. The second-order valence-corrected chi connectivity index (χ2v) is 3.03. The van der Waals surface area contributed by atoms with E-state index in [9.17, 15) is 14.0 Å². The van der Waals surface area contributed by atoms with E-state index in [1.807, 2.05) is 0 Å². The van der Waals surface area contributed by atoms with Crippen LogP contribution >= 0.6 is 0 Å². The van der Waals surface area contributed by atoms with Gasteiger partial charge in [0.05, 0.1) is 7.11 Å². The molecule has 0 spiro atoms. The molecule has 6 heteroatoms. The first-order valence-electron chi connectivity index (χ1n) is 4.68. The minimum atomic E-state index is -0.664. The lowest BCUT2D eigenvalue weighted by atomic mass is 10.2. The quantitative estimate of drug-likeness (QED) is 0.591. The number of hydrogen-bond acceptors (Lipinski definition) is 5. The Morgan fingerprint density at radius 2 is 2.06 bits per heavy atom. The third-order valence-electron chi connectivity index (χ3n) is 1.83. The molecule has 0 radical (unpaired) electrons. The van der Waals surface area contributed by atoms with Crippen LogP contribution in [0.2, 0.25) is 0 Å². The number of methoxy groups -OCH3 is 1. The second-order valence-electron chi connectivity index (χ2n) is 3.03. The number of carbonyl (C=O) groups is 2. The van der Waals surface area contributed by atoms with Gasteiger partial charge >= 0.3 is 11.9 Å². The zero-order valence-corrected chi connectivity index (χ0v) is 9.36. The van der Waals surface area contributed by atoms with Crippen molar-refractivity contribution in [3.8, 4) is 5.75 Å². The van der Waals surface area contributed by atoms with Crippen LogP contribution in [0, 0.1) is 5.82 Å². The van der Waals surface area contributed by atoms with E-state index in [1.165, 1.54) is 20.1 Å². The molecule has 1 aromatic rings. The van der Waals surface area contributed by atoms with Gasteiger partial charge in [-0.25, -0.2) is 9.18 Å². The minimum Gasteiger partial charge on any atom is -0.465 e. The Bertz CT molecular complexity index is 430. The lowest BCUT2D eigenvalue weighted by Gasteiger charge is -2.09. The molecule has 92 valence electrons. The molecule has 0 aliphatic carbocycles. The smallest absolute Gasteiger partial charge is 0.341 e. The number of benzene rings is 1. The average molecular weight is 242 g/mol. The molecule has 0 aliphatic rings. The van der Waals surface area contributed by atoms with Crippen molar-refractivity contribution in [2.75, 3.05) is 13.9 Å². The number of esters is 2. The molecule has 1 rings (SSSR count). The van der Waals surface area contributed by atoms with E-state index in [0.717, 1.165) is 12.1 Å². The van der Waals surface area contributed by atoms with Crippen LogP contribution in [0.15, 0.2) is 18.2 Å². The van der Waals surface area contributed by atoms with Gasteiger partial charge in [-0.2, -0.15) is 0 Å². The van der Waals surface area contributed by atoms with E-state index >= 15 is 0 Å². The summed E-state index contributed by atoms with van der Waals surface area (Å²) in [7, 11) is 1.20. The van der Waals surface area contributed by atoms with Crippen molar-refractivity contribution in [3.63, 3.8) is 0 Å². The summed E-state index contributed by atoms with van der Waals surface area (Å²) in [5.41, 5.74) is 0.0565. The predicted octanol–water partition coefficient (Wildman–Crippen LogP) is 1.51. The van der Waals surface area contributed by atoms with E-state index in [2.05, 4.69) is 9.47 Å². The molecule has 1 aromatic carbocycles. The van der Waals surface area contributed by atoms with Gasteiger partial charge in [-0.15, -0.1) is 0 Å². The van der Waals surface area contributed by atoms with E-state index in [0.29, 0.717) is 0 Å². The zero-order valence-electron chi connectivity index (χ0n) is 9.36. The van der Waals surface area contributed by atoms with Gasteiger partial charge in [0.15, 0.2) is 0 Å². The molecule has 0 aliphatic heterocycles. The highest BCUT2D eigenvalue weighted by atomic mass is 19.1. The zero-order chi connectivity index (χ0) is 12.8. The van der Waals surface area contributed by atoms with Crippen molar-refractivity contribution in [3.05, 3.63) is 29.6 Å². The van der Waals surface area contributed by atoms with E-state index in [4.69, 9.17) is 4.74 Å². The molecule has 5 nitrogen and oxygen atoms in total. The van der Waals surface area contributed by atoms with Crippen LogP contribution in [0.4, 0.5) is 4.39 Å². The van der Waals surface area contributed by atoms with Crippen LogP contribution in [0.5, 0.6) is 5.75 Å². The number of halogens is 1. The summed E-state index contributed by atoms with van der Waals surface area (Å²) in [4.78, 5) is 21.8. The monoisotopic (exact) mass is 242 g/mol. The molecule has 0 atom stereocenters. The summed E-state index contributed by atoms with van der Waals surface area (Å²) in [5.74, 6) is -1.82. The fourth-order valence-corrected chi connectivity index (χ4v) is 1.07. The highest BCUT2D eigenvalue weighted by Gasteiger charge is 2.14. The molecule has 0 bridgehead atoms. The van der Waals surface area contributed by atoms with Crippen LogP contribution in [0.3, 0.4) is 0 Å². The maximum atomic E-state index is 13.0. The SMILES string of the molecule is COC(=O)c1ccc(F)cc1OCOC(C)=O. The van der Waals surface area contributed by atoms with Crippen LogP contribution in [-0.4, -0.2) is 25.8 Å². The van der Waals surface area contributed by atoms with E-state index < -0.39 is 24.5 Å². The van der Waals surface area contributed by atoms with Crippen molar-refractivity contribution in [1.29, 1.82) is 0 Å². The van der Waals surface area contributed by atoms with Crippen LogP contribution in [0.25, 0.3) is 0 Å². The lowest BCUT2D eigenvalue weighted by Crippen LogP contribution is -2.10. The molecule has 0 unspecified atom stereocenters. The summed E-state index contributed by atoms with van der Waals surface area (Å²) in [6.45, 7) is 0.804. The minimum absolute atomic E-state index is 0.0434. The van der Waals surface area contributed by atoms with Gasteiger partial charge in [-0.1, -0.05) is 0 Å². The Morgan fingerprint density at radius 1 is 1.35 bits per heavy atom. The van der Waals surface area contributed by atoms with Crippen LogP contribution < -0.4 is 4.74 Å². The average Bonchev–Trinajstić information content (AvgIpc) is 2.28. The fraction of sp³-hybridized carbons (Fsp3) is 0.273. The molecule has 0 N–H and O–H groups in total. The third kappa shape index (κ3) is 3.75. The largest absolute Gasteiger partial charge is 0.465 e. The summed E-state index contributed by atoms with van der Waals surface area (Å²) in [6.07, 6.45) is 0. The number of hydrogen-bond donors (Lipinski definition) is 0. The molecule has 0 fully saturated rings. The van der Waals surface area contributed by atoms with E-state index in [-0.39, 0.29) is 11.3 Å². The van der Waals surface area contributed by atoms with Crippen molar-refractivity contribution in [1.82, 2.24) is 0 Å². The normalized spacial score (nSPS) is 9.59. The summed E-state index contributed by atoms with van der Waals surface area (Å²) in [6, 6.07) is 3.34. The molecular weight excluding hydrogens is 231 g/mol. The Hall–Kier alpha value is -2.11. The first-order valence-corrected chi connectivity index (χ1v) is 4.68. The second kappa shape index (κ2) is 5.83. The first kappa shape index (κ1) is 13.0. The number of ether oxygens (including phenoxy) is 3. The maximum Gasteiger partial charge on any atom is 0.341 e. The molecule has 0 saturated carbocycles. The fourth-order valence-electron chi connectivity index (χ4n) is 1.07. The van der Waals surface area contributed by atoms with Gasteiger partial charge in [0.25, 0.3) is 0 Å². The summed E-state index contributed by atoms with van der Waals surface area (Å²) >= 11 is 0. The number of carbonyl (C=O) groups excluding carboxylic acids is 2. The molecular formula is C11H11FO5. The van der Waals surface area contributed by atoms with Crippen molar-refractivity contribution in [2.24, 2.45) is 0 Å². The summed E-state index contributed by atoms with van der Waals surface area (Å²) < 4.78 is 26.9. The van der Waals surface area contributed by atoms with Gasteiger partial charge in [0, 0.05) is 13.0 Å². The topological polar surface area (TPSA) is 61.8 Å². The highest BCUT2D eigenvalue weighted by molar-refractivity contribution is 5.92. The number of rotatable bonds is 4. The first-order chi connectivity index (χ1) is 8.04. The molecule has 0 amide bonds. The third-order valence-corrected chi connectivity index (χ3v) is 1.83. The lowest BCUT2D eigenvalue weighted by molar-refractivity contribution is -0.147. The Labute approximate surface area is 97.1 Å². The van der Waals surface area contributed by atoms with Crippen LogP contribution in [0.1, 0.15) is 17.3 Å². The maximum absolute atomic E-state index is 13.0. The van der Waals surface area contributed by atoms with Gasteiger partial charge in [0.2, 0.25) is 6.79 Å². The molecule has 0 heterocycles.